The van der Waals surface area contributed by atoms with Gasteiger partial charge in [0, 0.05) is 0 Å². The van der Waals surface area contributed by atoms with Crippen LogP contribution in [0.3, 0.4) is 0 Å². The number of methoxy groups -OCH3 is 1. The fourth-order valence-corrected chi connectivity index (χ4v) is 2.17. The summed E-state index contributed by atoms with van der Waals surface area (Å²) in [6.07, 6.45) is 2.47. The monoisotopic (exact) mass is 296 g/mol. The molecule has 0 saturated heterocycles. The Morgan fingerprint density at radius 1 is 1.14 bits per heavy atom. The summed E-state index contributed by atoms with van der Waals surface area (Å²) in [6.45, 7) is 4.33. The third-order valence-corrected chi connectivity index (χ3v) is 3.38. The quantitative estimate of drug-likeness (QED) is 0.564. The van der Waals surface area contributed by atoms with Crippen LogP contribution in [-0.2, 0) is 16.1 Å². The molecule has 0 fully saturated rings. The molecular weight excluding hydrogens is 276 g/mol. The Hall–Kier alpha value is -2.39. The van der Waals surface area contributed by atoms with E-state index in [2.05, 4.69) is 6.58 Å². The summed E-state index contributed by atoms with van der Waals surface area (Å²) in [4.78, 5) is 11.5. The van der Waals surface area contributed by atoms with E-state index in [1.54, 1.807) is 12.1 Å². The highest BCUT2D eigenvalue weighted by Gasteiger charge is 2.12. The molecule has 2 aromatic rings. The van der Waals surface area contributed by atoms with Crippen LogP contribution in [0.5, 0.6) is 0 Å². The minimum Gasteiger partial charge on any atom is -0.465 e. The van der Waals surface area contributed by atoms with Gasteiger partial charge in [-0.15, -0.1) is 6.58 Å². The molecule has 0 heterocycles. The molecule has 0 aliphatic rings. The second-order valence-electron chi connectivity index (χ2n) is 4.92. The largest absolute Gasteiger partial charge is 0.465 e. The average Bonchev–Trinajstić information content (AvgIpc) is 2.59. The molecule has 2 rings (SSSR count). The maximum atomic E-state index is 11.5. The summed E-state index contributed by atoms with van der Waals surface area (Å²) in [5.41, 5.74) is 2.68. The number of esters is 1. The van der Waals surface area contributed by atoms with Crippen molar-refractivity contribution in [3.63, 3.8) is 0 Å². The van der Waals surface area contributed by atoms with Gasteiger partial charge in [0.1, 0.15) is 0 Å². The molecule has 0 bridgehead atoms. The number of carbonyl (C=O) groups is 1. The molecule has 3 nitrogen and oxygen atoms in total. The van der Waals surface area contributed by atoms with Gasteiger partial charge in [-0.2, -0.15) is 0 Å². The van der Waals surface area contributed by atoms with E-state index < -0.39 is 0 Å². The van der Waals surface area contributed by atoms with Gasteiger partial charge in [0.2, 0.25) is 0 Å². The van der Waals surface area contributed by atoms with Crippen molar-refractivity contribution in [3.05, 3.63) is 83.9 Å². The number of hydrogen-bond donors (Lipinski definition) is 0. The Labute approximate surface area is 131 Å². The molecule has 0 amide bonds. The third-order valence-electron chi connectivity index (χ3n) is 3.38. The van der Waals surface area contributed by atoms with Crippen molar-refractivity contribution in [2.45, 2.75) is 19.1 Å². The number of rotatable bonds is 7. The maximum absolute atomic E-state index is 11.5. The van der Waals surface area contributed by atoms with E-state index in [4.69, 9.17) is 9.47 Å². The second kappa shape index (κ2) is 8.15. The lowest BCUT2D eigenvalue weighted by atomic mass is 10.0. The van der Waals surface area contributed by atoms with Gasteiger partial charge in [-0.25, -0.2) is 4.79 Å². The van der Waals surface area contributed by atoms with Crippen LogP contribution in [0.25, 0.3) is 0 Å². The van der Waals surface area contributed by atoms with Crippen molar-refractivity contribution >= 4 is 5.97 Å². The van der Waals surface area contributed by atoms with E-state index in [1.165, 1.54) is 7.11 Å². The zero-order valence-electron chi connectivity index (χ0n) is 12.7. The maximum Gasteiger partial charge on any atom is 0.337 e. The fraction of sp³-hybridized carbons (Fsp3) is 0.211. The Kier molecular flexibility index (Phi) is 5.92. The van der Waals surface area contributed by atoms with Gasteiger partial charge in [0.05, 0.1) is 25.4 Å². The first-order chi connectivity index (χ1) is 10.7. The first kappa shape index (κ1) is 16.0. The molecule has 0 N–H and O–H groups in total. The molecule has 0 aliphatic carbocycles. The first-order valence-corrected chi connectivity index (χ1v) is 7.19. The highest BCUT2D eigenvalue weighted by atomic mass is 16.5. The molecule has 3 heteroatoms. The minimum absolute atomic E-state index is 0.0793. The summed E-state index contributed by atoms with van der Waals surface area (Å²) in [6, 6.07) is 17.3. The van der Waals surface area contributed by atoms with Gasteiger partial charge in [-0.3, -0.25) is 0 Å². The normalized spacial score (nSPS) is 11.7. The molecule has 0 saturated carbocycles. The lowest BCUT2D eigenvalue weighted by Gasteiger charge is -2.17. The van der Waals surface area contributed by atoms with Crippen LogP contribution in [0.2, 0.25) is 0 Å². The minimum atomic E-state index is -0.336. The van der Waals surface area contributed by atoms with Crippen LogP contribution < -0.4 is 0 Å². The molecule has 0 aliphatic heterocycles. The van der Waals surface area contributed by atoms with Crippen LogP contribution in [0.1, 0.15) is 34.0 Å². The molecule has 1 atom stereocenters. The lowest BCUT2D eigenvalue weighted by Crippen LogP contribution is -2.06. The third kappa shape index (κ3) is 4.30. The van der Waals surface area contributed by atoms with Crippen LogP contribution in [-0.4, -0.2) is 13.1 Å². The summed E-state index contributed by atoms with van der Waals surface area (Å²) in [7, 11) is 1.37. The SMILES string of the molecule is C=CCC(OCc1ccccc1)c1ccc(C(=O)OC)cc1. The zero-order valence-corrected chi connectivity index (χ0v) is 12.7. The Bertz CT molecular complexity index is 602. The topological polar surface area (TPSA) is 35.5 Å². The number of benzene rings is 2. The predicted molar refractivity (Wildman–Crippen MR) is 86.6 cm³/mol. The van der Waals surface area contributed by atoms with Gasteiger partial charge in [-0.1, -0.05) is 48.5 Å². The van der Waals surface area contributed by atoms with Crippen molar-refractivity contribution in [1.29, 1.82) is 0 Å². The molecule has 1 unspecified atom stereocenters. The molecule has 114 valence electrons. The van der Waals surface area contributed by atoms with E-state index in [-0.39, 0.29) is 12.1 Å². The smallest absolute Gasteiger partial charge is 0.337 e. The Morgan fingerprint density at radius 2 is 1.82 bits per heavy atom. The molecule has 0 spiro atoms. The summed E-state index contributed by atoms with van der Waals surface area (Å²) in [5.74, 6) is -0.336. The van der Waals surface area contributed by atoms with Crippen molar-refractivity contribution < 1.29 is 14.3 Å². The lowest BCUT2D eigenvalue weighted by molar-refractivity contribution is 0.0416. The van der Waals surface area contributed by atoms with Crippen LogP contribution in [0.15, 0.2) is 67.3 Å². The van der Waals surface area contributed by atoms with E-state index in [9.17, 15) is 4.79 Å². The molecule has 2 aromatic carbocycles. The molecule has 0 radical (unpaired) electrons. The summed E-state index contributed by atoms with van der Waals surface area (Å²) < 4.78 is 10.7. The fourth-order valence-electron chi connectivity index (χ4n) is 2.17. The zero-order chi connectivity index (χ0) is 15.8. The first-order valence-electron chi connectivity index (χ1n) is 7.19. The van der Waals surface area contributed by atoms with E-state index in [0.29, 0.717) is 18.6 Å². The van der Waals surface area contributed by atoms with Crippen molar-refractivity contribution in [3.8, 4) is 0 Å². The average molecular weight is 296 g/mol. The van der Waals surface area contributed by atoms with Gasteiger partial charge in [0.15, 0.2) is 0 Å². The number of hydrogen-bond acceptors (Lipinski definition) is 3. The predicted octanol–water partition coefficient (Wildman–Crippen LogP) is 4.31. The van der Waals surface area contributed by atoms with E-state index in [1.807, 2.05) is 48.5 Å². The van der Waals surface area contributed by atoms with Gasteiger partial charge >= 0.3 is 5.97 Å². The van der Waals surface area contributed by atoms with Crippen molar-refractivity contribution in [1.82, 2.24) is 0 Å². The Balaban J connectivity index is 2.07. The van der Waals surface area contributed by atoms with Crippen molar-refractivity contribution in [2.75, 3.05) is 7.11 Å². The van der Waals surface area contributed by atoms with Crippen LogP contribution in [0, 0.1) is 0 Å². The molecule has 22 heavy (non-hydrogen) atoms. The summed E-state index contributed by atoms with van der Waals surface area (Å²) in [5, 5.41) is 0. The van der Waals surface area contributed by atoms with E-state index in [0.717, 1.165) is 11.1 Å². The highest BCUT2D eigenvalue weighted by molar-refractivity contribution is 5.89. The van der Waals surface area contributed by atoms with Gasteiger partial charge in [0.25, 0.3) is 0 Å². The standard InChI is InChI=1S/C19H20O3/c1-3-7-18(22-14-15-8-5-4-6-9-15)16-10-12-17(13-11-16)19(20)21-2/h3-6,8-13,18H,1,7,14H2,2H3. The van der Waals surface area contributed by atoms with Crippen LogP contribution >= 0.6 is 0 Å². The van der Waals surface area contributed by atoms with Crippen LogP contribution in [0.4, 0.5) is 0 Å². The van der Waals surface area contributed by atoms with Crippen molar-refractivity contribution in [2.24, 2.45) is 0 Å². The Morgan fingerprint density at radius 3 is 2.41 bits per heavy atom. The number of ether oxygens (including phenoxy) is 2. The molecular formula is C19H20O3. The second-order valence-corrected chi connectivity index (χ2v) is 4.92. The van der Waals surface area contributed by atoms with E-state index >= 15 is 0 Å². The van der Waals surface area contributed by atoms with Gasteiger partial charge < -0.3 is 9.47 Å². The highest BCUT2D eigenvalue weighted by Crippen LogP contribution is 2.23. The molecule has 0 aromatic heterocycles. The summed E-state index contributed by atoms with van der Waals surface area (Å²) >= 11 is 0. The van der Waals surface area contributed by atoms with Gasteiger partial charge in [-0.05, 0) is 29.7 Å². The number of carbonyl (C=O) groups excluding carboxylic acids is 1.